The van der Waals surface area contributed by atoms with Crippen LogP contribution in [-0.2, 0) is 27.1 Å². The first-order valence-electron chi connectivity index (χ1n) is 14.3. The van der Waals surface area contributed by atoms with E-state index in [-0.39, 0.29) is 23.3 Å². The molecule has 0 saturated carbocycles. The minimum Gasteiger partial charge on any atom is -0.405 e. The molecule has 3 unspecified atom stereocenters. The average molecular weight is 661 g/mol. The number of nitrogens with one attached hydrogen (secondary N) is 1. The number of hydrogen-bond acceptors (Lipinski definition) is 4. The lowest BCUT2D eigenvalue weighted by Gasteiger charge is -2.43. The summed E-state index contributed by atoms with van der Waals surface area (Å²) in [5.41, 5.74) is 2.17. The van der Waals surface area contributed by atoms with E-state index < -0.39 is 8.32 Å². The van der Waals surface area contributed by atoms with Gasteiger partial charge in [0, 0.05) is 4.47 Å². The molecule has 4 nitrogen and oxygen atoms in total. The largest absolute Gasteiger partial charge is 0.405 e. The van der Waals surface area contributed by atoms with Gasteiger partial charge in [-0.15, -0.1) is 0 Å². The van der Waals surface area contributed by atoms with Gasteiger partial charge in [0.05, 0.1) is 25.9 Å². The van der Waals surface area contributed by atoms with E-state index in [1.54, 1.807) is 0 Å². The molecule has 0 aromatic heterocycles. The van der Waals surface area contributed by atoms with Crippen LogP contribution in [0.1, 0.15) is 31.9 Å². The zero-order valence-electron chi connectivity index (χ0n) is 24.3. The van der Waals surface area contributed by atoms with Crippen LogP contribution in [0.15, 0.2) is 120 Å². The second-order valence-electron chi connectivity index (χ2n) is 11.7. The Labute approximate surface area is 264 Å². The summed E-state index contributed by atoms with van der Waals surface area (Å²) in [4.78, 5) is 0.654. The highest BCUT2D eigenvalue weighted by atomic mass is 79.9. The van der Waals surface area contributed by atoms with E-state index in [0.717, 1.165) is 15.6 Å². The van der Waals surface area contributed by atoms with Gasteiger partial charge in [-0.25, -0.2) is 0 Å². The average Bonchev–Trinajstić information content (AvgIpc) is 3.30. The summed E-state index contributed by atoms with van der Waals surface area (Å²) in [6, 6.07) is 39.6. The summed E-state index contributed by atoms with van der Waals surface area (Å²) >= 11 is 9.44. The fraction of sp³-hybridized carbons (Fsp3) is 0.286. The van der Waals surface area contributed by atoms with Crippen LogP contribution in [0.5, 0.6) is 0 Å². The van der Waals surface area contributed by atoms with Gasteiger partial charge in [0.15, 0.2) is 0 Å². The molecule has 0 spiro atoms. The van der Waals surface area contributed by atoms with E-state index >= 15 is 0 Å². The summed E-state index contributed by atoms with van der Waals surface area (Å²) in [5.74, 6) is 0. The molecule has 1 saturated heterocycles. The van der Waals surface area contributed by atoms with Crippen molar-refractivity contribution in [3.63, 3.8) is 0 Å². The molecule has 1 aliphatic rings. The van der Waals surface area contributed by atoms with Crippen LogP contribution < -0.4 is 15.7 Å². The number of hydrogen-bond donors (Lipinski definition) is 1. The maximum Gasteiger partial charge on any atom is 0.261 e. The van der Waals surface area contributed by atoms with Crippen LogP contribution in [0.3, 0.4) is 0 Å². The Hall–Kier alpha value is -2.65. The van der Waals surface area contributed by atoms with Crippen molar-refractivity contribution in [3.8, 4) is 0 Å². The van der Waals surface area contributed by atoms with Crippen LogP contribution in [0.2, 0.25) is 5.04 Å². The summed E-state index contributed by atoms with van der Waals surface area (Å²) < 4.78 is 21.4. The Bertz CT molecular complexity index is 1410. The van der Waals surface area contributed by atoms with E-state index in [1.165, 1.54) is 10.4 Å². The molecule has 7 heteroatoms. The van der Waals surface area contributed by atoms with Gasteiger partial charge >= 0.3 is 0 Å². The predicted molar refractivity (Wildman–Crippen MR) is 181 cm³/mol. The van der Waals surface area contributed by atoms with Crippen molar-refractivity contribution in [1.82, 2.24) is 5.32 Å². The van der Waals surface area contributed by atoms with Crippen LogP contribution in [0.25, 0.3) is 0 Å². The van der Waals surface area contributed by atoms with E-state index in [0.29, 0.717) is 24.8 Å². The van der Waals surface area contributed by atoms with E-state index in [9.17, 15) is 0 Å². The summed E-state index contributed by atoms with van der Waals surface area (Å²) in [6.45, 7) is 8.19. The smallest absolute Gasteiger partial charge is 0.261 e. The van der Waals surface area contributed by atoms with Gasteiger partial charge in [-0.05, 0) is 38.7 Å². The molecule has 4 aromatic carbocycles. The van der Waals surface area contributed by atoms with E-state index in [2.05, 4.69) is 127 Å². The van der Waals surface area contributed by atoms with Gasteiger partial charge in [-0.1, -0.05) is 152 Å². The van der Waals surface area contributed by atoms with Crippen molar-refractivity contribution < 1.29 is 13.9 Å². The lowest BCUT2D eigenvalue weighted by molar-refractivity contribution is -0.0608. The Morgan fingerprint density at radius 1 is 0.738 bits per heavy atom. The first-order valence-corrected chi connectivity index (χ1v) is 17.5. The van der Waals surface area contributed by atoms with Crippen molar-refractivity contribution in [2.24, 2.45) is 0 Å². The molecule has 1 aliphatic heterocycles. The van der Waals surface area contributed by atoms with Gasteiger partial charge < -0.3 is 19.2 Å². The number of ether oxygens (including phenoxy) is 2. The highest BCUT2D eigenvalue weighted by Crippen LogP contribution is 2.37. The van der Waals surface area contributed by atoms with Crippen molar-refractivity contribution >= 4 is 51.8 Å². The van der Waals surface area contributed by atoms with Crippen LogP contribution in [0, 0.1) is 0 Å². The minimum absolute atomic E-state index is 0.134. The molecule has 0 amide bonds. The highest BCUT2D eigenvalue weighted by molar-refractivity contribution is 9.10. The van der Waals surface area contributed by atoms with E-state index in [1.807, 2.05) is 30.3 Å². The highest BCUT2D eigenvalue weighted by Gasteiger charge is 2.52. The molecule has 0 aliphatic carbocycles. The maximum absolute atomic E-state index is 7.28. The predicted octanol–water partition coefficient (Wildman–Crippen LogP) is 6.80. The first kappa shape index (κ1) is 30.8. The lowest BCUT2D eigenvalue weighted by atomic mass is 10.1. The Kier molecular flexibility index (Phi) is 10.1. The summed E-state index contributed by atoms with van der Waals surface area (Å²) in [7, 11) is -2.74. The zero-order chi connectivity index (χ0) is 29.6. The normalized spacial score (nSPS) is 19.0. The molecule has 42 heavy (non-hydrogen) atoms. The fourth-order valence-corrected chi connectivity index (χ4v) is 11.2. The second-order valence-corrected chi connectivity index (χ2v) is 17.4. The summed E-state index contributed by atoms with van der Waals surface area (Å²) in [5, 5.41) is 5.89. The zero-order valence-corrected chi connectivity index (χ0v) is 27.7. The lowest BCUT2D eigenvalue weighted by Crippen LogP contribution is -2.67. The van der Waals surface area contributed by atoms with Crippen molar-refractivity contribution in [2.75, 3.05) is 6.61 Å². The van der Waals surface area contributed by atoms with Crippen LogP contribution >= 0.6 is 28.1 Å². The minimum atomic E-state index is -2.74. The standard InChI is InChI=1S/C35H38BrNO3SSi/c1-35(2,3)42(29-18-9-5-10-19-29,30-20-11-6-12-21-30)40-25-31-32(38-24-27-16-13-17-28(36)22-27)33(34(41)37-31)39-23-26-14-7-4-8-15-26/h4-22,31-33H,23-25H2,1-3H3,(H,37,41). The van der Waals surface area contributed by atoms with Gasteiger partial charge in [0.1, 0.15) is 17.2 Å². The molecule has 1 N–H and O–H groups in total. The SMILES string of the molecule is CC(C)(C)[Si](OCC1NC(=S)C(OCc2ccccc2)C1OCc1cccc(Br)c1)(c1ccccc1)c1ccccc1. The van der Waals surface area contributed by atoms with Crippen molar-refractivity contribution in [1.29, 1.82) is 0 Å². The number of benzene rings is 4. The number of rotatable bonds is 11. The Balaban J connectivity index is 1.44. The van der Waals surface area contributed by atoms with Crippen LogP contribution in [0.4, 0.5) is 0 Å². The molecule has 0 bridgehead atoms. The molecule has 1 fully saturated rings. The van der Waals surface area contributed by atoms with Crippen molar-refractivity contribution in [2.45, 2.75) is 57.3 Å². The molecule has 1 heterocycles. The summed E-state index contributed by atoms with van der Waals surface area (Å²) in [6.07, 6.45) is -0.710. The molecule has 218 valence electrons. The van der Waals surface area contributed by atoms with Gasteiger partial charge in [-0.3, -0.25) is 0 Å². The third-order valence-electron chi connectivity index (χ3n) is 7.78. The fourth-order valence-electron chi connectivity index (χ4n) is 5.77. The topological polar surface area (TPSA) is 39.7 Å². The molecular formula is C35H38BrNO3SSi. The Morgan fingerprint density at radius 3 is 1.86 bits per heavy atom. The van der Waals surface area contributed by atoms with Crippen molar-refractivity contribution in [3.05, 3.63) is 131 Å². The number of halogens is 1. The Morgan fingerprint density at radius 2 is 1.29 bits per heavy atom. The van der Waals surface area contributed by atoms with Gasteiger partial charge in [-0.2, -0.15) is 0 Å². The van der Waals surface area contributed by atoms with Gasteiger partial charge in [0.25, 0.3) is 8.32 Å². The first-order chi connectivity index (χ1) is 20.3. The monoisotopic (exact) mass is 659 g/mol. The molecular weight excluding hydrogens is 622 g/mol. The van der Waals surface area contributed by atoms with E-state index in [4.69, 9.17) is 26.1 Å². The second kappa shape index (κ2) is 13.8. The number of thiocarbonyl (C=S) groups is 1. The maximum atomic E-state index is 7.28. The molecule has 5 rings (SSSR count). The molecule has 4 aromatic rings. The molecule has 3 atom stereocenters. The quantitative estimate of drug-likeness (QED) is 0.142. The van der Waals surface area contributed by atoms with Gasteiger partial charge in [0.2, 0.25) is 0 Å². The molecule has 0 radical (unpaired) electrons. The third kappa shape index (κ3) is 6.94. The third-order valence-corrected chi connectivity index (χ3v) is 13.6. The van der Waals surface area contributed by atoms with Crippen LogP contribution in [-0.4, -0.2) is 38.2 Å².